The third kappa shape index (κ3) is 4.11. The zero-order chi connectivity index (χ0) is 21.3. The number of hydrogen-bond donors (Lipinski definition) is 1. The monoisotopic (exact) mass is 452 g/mol. The molecular formula is C20H21ClN2O6S. The van der Waals surface area contributed by atoms with Crippen LogP contribution in [-0.4, -0.2) is 58.1 Å². The van der Waals surface area contributed by atoms with Gasteiger partial charge in [0.2, 0.25) is 10.0 Å². The average Bonchev–Trinajstić information content (AvgIpc) is 2.75. The molecule has 1 N–H and O–H groups in total. The number of benzene rings is 2. The van der Waals surface area contributed by atoms with Gasteiger partial charge < -0.3 is 19.5 Å². The van der Waals surface area contributed by atoms with Crippen LogP contribution in [0.3, 0.4) is 0 Å². The molecular weight excluding hydrogens is 432 g/mol. The SMILES string of the molecule is Cc1ccc(S(=O)(=O)N2CCOCC2)cc1NC(=O)c1cc(Cl)c2c(c1)OCCO2. The summed E-state index contributed by atoms with van der Waals surface area (Å²) in [6.07, 6.45) is 0. The van der Waals surface area contributed by atoms with Crippen LogP contribution in [0.25, 0.3) is 0 Å². The van der Waals surface area contributed by atoms with Gasteiger partial charge in [0, 0.05) is 24.3 Å². The Hall–Kier alpha value is -2.33. The fraction of sp³-hybridized carbons (Fsp3) is 0.350. The van der Waals surface area contributed by atoms with Crippen molar-refractivity contribution in [1.82, 2.24) is 4.31 Å². The number of nitrogens with one attached hydrogen (secondary N) is 1. The van der Waals surface area contributed by atoms with Crippen molar-refractivity contribution in [2.75, 3.05) is 44.8 Å². The number of morpholine rings is 1. The number of amides is 1. The van der Waals surface area contributed by atoms with Crippen LogP contribution in [0.15, 0.2) is 35.2 Å². The fourth-order valence-corrected chi connectivity index (χ4v) is 4.97. The Morgan fingerprint density at radius 1 is 1.07 bits per heavy atom. The molecule has 2 aromatic rings. The van der Waals surface area contributed by atoms with Crippen LogP contribution in [0.4, 0.5) is 5.69 Å². The van der Waals surface area contributed by atoms with Crippen LogP contribution in [0.2, 0.25) is 5.02 Å². The van der Waals surface area contributed by atoms with Gasteiger partial charge in [-0.25, -0.2) is 8.42 Å². The minimum Gasteiger partial charge on any atom is -0.486 e. The maximum atomic E-state index is 12.9. The largest absolute Gasteiger partial charge is 0.486 e. The summed E-state index contributed by atoms with van der Waals surface area (Å²) in [4.78, 5) is 12.9. The first-order valence-electron chi connectivity index (χ1n) is 9.45. The van der Waals surface area contributed by atoms with E-state index in [4.69, 9.17) is 25.8 Å². The molecule has 0 unspecified atom stereocenters. The third-order valence-electron chi connectivity index (χ3n) is 4.92. The molecule has 0 spiro atoms. The van der Waals surface area contributed by atoms with Crippen molar-refractivity contribution >= 4 is 33.2 Å². The Morgan fingerprint density at radius 3 is 2.57 bits per heavy atom. The Bertz CT molecular complexity index is 1080. The summed E-state index contributed by atoms with van der Waals surface area (Å²) in [5.41, 5.74) is 1.42. The number of carbonyl (C=O) groups excluding carboxylic acids is 1. The highest BCUT2D eigenvalue weighted by molar-refractivity contribution is 7.89. The van der Waals surface area contributed by atoms with Gasteiger partial charge in [-0.3, -0.25) is 4.79 Å². The van der Waals surface area contributed by atoms with E-state index in [0.717, 1.165) is 5.56 Å². The van der Waals surface area contributed by atoms with Gasteiger partial charge in [0.05, 0.1) is 23.1 Å². The zero-order valence-electron chi connectivity index (χ0n) is 16.3. The number of ether oxygens (including phenoxy) is 3. The van der Waals surface area contributed by atoms with Gasteiger partial charge in [0.25, 0.3) is 5.91 Å². The van der Waals surface area contributed by atoms with E-state index in [1.54, 1.807) is 19.1 Å². The third-order valence-corrected chi connectivity index (χ3v) is 7.10. The normalized spacial score (nSPS) is 16.9. The minimum atomic E-state index is -3.68. The molecule has 1 fully saturated rings. The summed E-state index contributed by atoms with van der Waals surface area (Å²) in [6, 6.07) is 7.72. The van der Waals surface area contributed by atoms with Crippen molar-refractivity contribution in [3.63, 3.8) is 0 Å². The fourth-order valence-electron chi connectivity index (χ4n) is 3.27. The molecule has 2 heterocycles. The van der Waals surface area contributed by atoms with Gasteiger partial charge >= 0.3 is 0 Å². The van der Waals surface area contributed by atoms with Crippen molar-refractivity contribution < 1.29 is 27.4 Å². The van der Waals surface area contributed by atoms with Crippen LogP contribution in [-0.2, 0) is 14.8 Å². The molecule has 10 heteroatoms. The van der Waals surface area contributed by atoms with Crippen LogP contribution in [0, 0.1) is 6.92 Å². The number of carbonyl (C=O) groups is 1. The van der Waals surface area contributed by atoms with E-state index in [-0.39, 0.29) is 15.5 Å². The van der Waals surface area contributed by atoms with Gasteiger partial charge in [0.15, 0.2) is 11.5 Å². The first-order chi connectivity index (χ1) is 14.4. The number of hydrogen-bond acceptors (Lipinski definition) is 6. The molecule has 2 aliphatic rings. The summed E-state index contributed by atoms with van der Waals surface area (Å²) in [6.45, 7) is 3.87. The Morgan fingerprint density at radius 2 is 1.80 bits per heavy atom. The van der Waals surface area contributed by atoms with Crippen molar-refractivity contribution in [2.24, 2.45) is 0 Å². The topological polar surface area (TPSA) is 94.2 Å². The number of halogens is 1. The van der Waals surface area contributed by atoms with E-state index in [2.05, 4.69) is 5.32 Å². The lowest BCUT2D eigenvalue weighted by Gasteiger charge is -2.26. The number of rotatable bonds is 4. The van der Waals surface area contributed by atoms with Crippen LogP contribution in [0.1, 0.15) is 15.9 Å². The summed E-state index contributed by atoms with van der Waals surface area (Å²) >= 11 is 6.22. The summed E-state index contributed by atoms with van der Waals surface area (Å²) < 4.78 is 43.4. The average molecular weight is 453 g/mol. The predicted octanol–water partition coefficient (Wildman–Crippen LogP) is 2.69. The smallest absolute Gasteiger partial charge is 0.255 e. The summed E-state index contributed by atoms with van der Waals surface area (Å²) in [5.74, 6) is 0.381. The Kier molecular flexibility index (Phi) is 5.88. The van der Waals surface area contributed by atoms with Crippen molar-refractivity contribution in [1.29, 1.82) is 0 Å². The number of nitrogens with zero attached hydrogens (tertiary/aromatic N) is 1. The minimum absolute atomic E-state index is 0.116. The lowest BCUT2D eigenvalue weighted by molar-refractivity contribution is 0.0730. The summed E-state index contributed by atoms with van der Waals surface area (Å²) in [5, 5.41) is 3.05. The molecule has 4 rings (SSSR count). The maximum absolute atomic E-state index is 12.9. The van der Waals surface area contributed by atoms with Gasteiger partial charge in [-0.1, -0.05) is 17.7 Å². The summed E-state index contributed by atoms with van der Waals surface area (Å²) in [7, 11) is -3.68. The first-order valence-corrected chi connectivity index (χ1v) is 11.3. The number of sulfonamides is 1. The van der Waals surface area contributed by atoms with Crippen molar-refractivity contribution in [2.45, 2.75) is 11.8 Å². The molecule has 1 amide bonds. The molecule has 0 aromatic heterocycles. The lowest BCUT2D eigenvalue weighted by Crippen LogP contribution is -2.40. The first kappa shape index (κ1) is 20.9. The molecule has 2 aliphatic heterocycles. The quantitative estimate of drug-likeness (QED) is 0.766. The van der Waals surface area contributed by atoms with Crippen molar-refractivity contribution in [3.05, 3.63) is 46.5 Å². The van der Waals surface area contributed by atoms with E-state index in [1.165, 1.54) is 22.5 Å². The molecule has 0 saturated carbocycles. The van der Waals surface area contributed by atoms with E-state index >= 15 is 0 Å². The van der Waals surface area contributed by atoms with Crippen LogP contribution in [0.5, 0.6) is 11.5 Å². The molecule has 0 aliphatic carbocycles. The standard InChI is InChI=1S/C20H21ClN2O6S/c1-13-2-3-15(30(25,26)23-4-6-27-7-5-23)12-17(13)22-20(24)14-10-16(21)19-18(11-14)28-8-9-29-19/h2-3,10-12H,4-9H2,1H3,(H,22,24). The molecule has 8 nitrogen and oxygen atoms in total. The second-order valence-corrected chi connectivity index (χ2v) is 9.27. The molecule has 30 heavy (non-hydrogen) atoms. The molecule has 1 saturated heterocycles. The second kappa shape index (κ2) is 8.43. The Balaban J connectivity index is 1.60. The van der Waals surface area contributed by atoms with E-state index in [1.807, 2.05) is 0 Å². The number of anilines is 1. The predicted molar refractivity (Wildman–Crippen MR) is 111 cm³/mol. The highest BCUT2D eigenvalue weighted by Gasteiger charge is 2.27. The van der Waals surface area contributed by atoms with Crippen LogP contribution < -0.4 is 14.8 Å². The molecule has 0 bridgehead atoms. The number of aryl methyl sites for hydroxylation is 1. The molecule has 0 radical (unpaired) electrons. The van der Waals surface area contributed by atoms with E-state index in [0.29, 0.717) is 56.7 Å². The lowest BCUT2D eigenvalue weighted by atomic mass is 10.1. The van der Waals surface area contributed by atoms with E-state index < -0.39 is 15.9 Å². The molecule has 160 valence electrons. The van der Waals surface area contributed by atoms with Gasteiger partial charge in [-0.05, 0) is 36.8 Å². The molecule has 0 atom stereocenters. The van der Waals surface area contributed by atoms with E-state index in [9.17, 15) is 13.2 Å². The highest BCUT2D eigenvalue weighted by atomic mass is 35.5. The van der Waals surface area contributed by atoms with Gasteiger partial charge in [0.1, 0.15) is 13.2 Å². The Labute approximate surface area is 179 Å². The van der Waals surface area contributed by atoms with Gasteiger partial charge in [-0.2, -0.15) is 4.31 Å². The van der Waals surface area contributed by atoms with Crippen LogP contribution >= 0.6 is 11.6 Å². The zero-order valence-corrected chi connectivity index (χ0v) is 17.9. The highest BCUT2D eigenvalue weighted by Crippen LogP contribution is 2.38. The molecule has 2 aromatic carbocycles. The van der Waals surface area contributed by atoms with Gasteiger partial charge in [-0.15, -0.1) is 0 Å². The maximum Gasteiger partial charge on any atom is 0.255 e. The second-order valence-electron chi connectivity index (χ2n) is 6.93. The van der Waals surface area contributed by atoms with Crippen molar-refractivity contribution in [3.8, 4) is 11.5 Å². The number of fused-ring (bicyclic) bond motifs is 1.